The summed E-state index contributed by atoms with van der Waals surface area (Å²) in [5.41, 5.74) is 0.636. The van der Waals surface area contributed by atoms with Crippen molar-refractivity contribution >= 4 is 17.7 Å². The highest BCUT2D eigenvalue weighted by Gasteiger charge is 2.37. The van der Waals surface area contributed by atoms with Gasteiger partial charge in [-0.2, -0.15) is 5.10 Å². The first-order valence-electron chi connectivity index (χ1n) is 5.74. The molecule has 1 atom stereocenters. The monoisotopic (exact) mass is 252 g/mol. The Balaban J connectivity index is 1.81. The Bertz CT molecular complexity index is 465. The van der Waals surface area contributed by atoms with E-state index in [0.717, 1.165) is 0 Å². The van der Waals surface area contributed by atoms with E-state index in [2.05, 4.69) is 10.4 Å². The van der Waals surface area contributed by atoms with Gasteiger partial charge in [0.1, 0.15) is 0 Å². The number of nitrogens with zero attached hydrogens (tertiary/aromatic N) is 3. The minimum absolute atomic E-state index is 0.0437. The molecule has 0 aliphatic carbocycles. The number of nitrogens with one attached hydrogen (secondary N) is 1. The number of aromatic nitrogens is 2. The highest BCUT2D eigenvalue weighted by molar-refractivity contribution is 5.89. The number of carboxylic acid groups (broad SMARTS) is 1. The zero-order valence-corrected chi connectivity index (χ0v) is 10.3. The third-order valence-electron chi connectivity index (χ3n) is 3.25. The Morgan fingerprint density at radius 1 is 1.56 bits per heavy atom. The van der Waals surface area contributed by atoms with Crippen LogP contribution in [0.4, 0.5) is 10.5 Å². The normalized spacial score (nSPS) is 17.1. The van der Waals surface area contributed by atoms with Crippen LogP contribution in [0.25, 0.3) is 0 Å². The van der Waals surface area contributed by atoms with E-state index in [4.69, 9.17) is 5.11 Å². The molecule has 1 aromatic heterocycles. The number of likely N-dealkylation sites (tertiary alicyclic amines) is 1. The van der Waals surface area contributed by atoms with Crippen LogP contribution in [0.1, 0.15) is 6.92 Å². The van der Waals surface area contributed by atoms with E-state index in [0.29, 0.717) is 18.8 Å². The van der Waals surface area contributed by atoms with Crippen molar-refractivity contribution in [2.24, 2.45) is 18.9 Å². The van der Waals surface area contributed by atoms with Crippen LogP contribution in [-0.2, 0) is 11.8 Å². The van der Waals surface area contributed by atoms with Crippen LogP contribution in [-0.4, -0.2) is 44.9 Å². The molecule has 0 radical (unpaired) electrons. The van der Waals surface area contributed by atoms with Gasteiger partial charge in [0.25, 0.3) is 0 Å². The largest absolute Gasteiger partial charge is 0.481 e. The summed E-state index contributed by atoms with van der Waals surface area (Å²) in [6, 6.07) is -0.211. The highest BCUT2D eigenvalue weighted by Crippen LogP contribution is 2.24. The molecular formula is C11H16N4O3. The molecule has 0 bridgehead atoms. The standard InChI is InChI=1S/C11H16N4O3/c1-7(10(16)17)8-4-15(5-8)11(18)13-9-3-12-14(2)6-9/h3,6-8H,4-5H2,1-2H3,(H,13,18)(H,16,17). The quantitative estimate of drug-likeness (QED) is 0.824. The molecule has 1 saturated heterocycles. The van der Waals surface area contributed by atoms with Crippen LogP contribution in [0.15, 0.2) is 12.4 Å². The lowest BCUT2D eigenvalue weighted by Gasteiger charge is -2.40. The maximum atomic E-state index is 11.8. The maximum Gasteiger partial charge on any atom is 0.321 e. The number of hydrogen-bond acceptors (Lipinski definition) is 3. The van der Waals surface area contributed by atoms with Gasteiger partial charge in [-0.15, -0.1) is 0 Å². The van der Waals surface area contributed by atoms with Crippen LogP contribution in [0.2, 0.25) is 0 Å². The van der Waals surface area contributed by atoms with Crippen LogP contribution in [0.3, 0.4) is 0 Å². The Labute approximate surface area is 104 Å². The lowest BCUT2D eigenvalue weighted by atomic mass is 9.87. The molecule has 1 aromatic rings. The number of anilines is 1. The Morgan fingerprint density at radius 3 is 2.72 bits per heavy atom. The van der Waals surface area contributed by atoms with Crippen molar-refractivity contribution in [2.75, 3.05) is 18.4 Å². The van der Waals surface area contributed by atoms with E-state index in [1.165, 1.54) is 0 Å². The van der Waals surface area contributed by atoms with Gasteiger partial charge in [0.2, 0.25) is 0 Å². The van der Waals surface area contributed by atoms with E-state index in [1.54, 1.807) is 35.9 Å². The van der Waals surface area contributed by atoms with Gasteiger partial charge in [0.15, 0.2) is 0 Å². The SMILES string of the molecule is CC(C(=O)O)C1CN(C(=O)Nc2cnn(C)c2)C1. The van der Waals surface area contributed by atoms with Gasteiger partial charge in [-0.05, 0) is 0 Å². The fourth-order valence-electron chi connectivity index (χ4n) is 1.88. The van der Waals surface area contributed by atoms with Crippen molar-refractivity contribution < 1.29 is 14.7 Å². The minimum atomic E-state index is -0.813. The predicted octanol–water partition coefficient (Wildman–Crippen LogP) is 0.604. The third kappa shape index (κ3) is 2.44. The number of amides is 2. The number of carbonyl (C=O) groups is 2. The molecule has 1 aliphatic rings. The van der Waals surface area contributed by atoms with Crippen molar-refractivity contribution in [1.82, 2.24) is 14.7 Å². The molecule has 7 nitrogen and oxygen atoms in total. The number of urea groups is 1. The van der Waals surface area contributed by atoms with Crippen molar-refractivity contribution in [2.45, 2.75) is 6.92 Å². The van der Waals surface area contributed by atoms with Crippen molar-refractivity contribution in [3.8, 4) is 0 Å². The Hall–Kier alpha value is -2.05. The van der Waals surface area contributed by atoms with Crippen molar-refractivity contribution in [3.63, 3.8) is 0 Å². The molecule has 0 saturated carbocycles. The minimum Gasteiger partial charge on any atom is -0.481 e. The predicted molar refractivity (Wildman–Crippen MR) is 64.1 cm³/mol. The van der Waals surface area contributed by atoms with Gasteiger partial charge >= 0.3 is 12.0 Å². The molecular weight excluding hydrogens is 236 g/mol. The molecule has 0 spiro atoms. The first-order chi connectivity index (χ1) is 8.47. The topological polar surface area (TPSA) is 87.5 Å². The van der Waals surface area contributed by atoms with Crippen LogP contribution >= 0.6 is 0 Å². The van der Waals surface area contributed by atoms with E-state index < -0.39 is 11.9 Å². The smallest absolute Gasteiger partial charge is 0.321 e. The Morgan fingerprint density at radius 2 is 2.22 bits per heavy atom. The summed E-state index contributed by atoms with van der Waals surface area (Å²) in [5, 5.41) is 15.5. The highest BCUT2D eigenvalue weighted by atomic mass is 16.4. The molecule has 1 aliphatic heterocycles. The second-order valence-electron chi connectivity index (χ2n) is 4.62. The Kier molecular flexibility index (Phi) is 3.22. The molecule has 0 aromatic carbocycles. The van der Waals surface area contributed by atoms with Crippen molar-refractivity contribution in [1.29, 1.82) is 0 Å². The lowest BCUT2D eigenvalue weighted by molar-refractivity contribution is -0.144. The lowest BCUT2D eigenvalue weighted by Crippen LogP contribution is -2.54. The molecule has 1 unspecified atom stereocenters. The first kappa shape index (κ1) is 12.4. The zero-order chi connectivity index (χ0) is 13.3. The number of rotatable bonds is 3. The second kappa shape index (κ2) is 4.67. The summed E-state index contributed by atoms with van der Waals surface area (Å²) in [4.78, 5) is 24.1. The molecule has 2 N–H and O–H groups in total. The summed E-state index contributed by atoms with van der Waals surface area (Å²) >= 11 is 0. The van der Waals surface area contributed by atoms with Gasteiger partial charge in [-0.3, -0.25) is 9.48 Å². The molecule has 2 rings (SSSR count). The number of carboxylic acids is 1. The first-order valence-corrected chi connectivity index (χ1v) is 5.74. The van der Waals surface area contributed by atoms with Crippen LogP contribution < -0.4 is 5.32 Å². The summed E-state index contributed by atoms with van der Waals surface area (Å²) in [6.45, 7) is 2.64. The fraction of sp³-hybridized carbons (Fsp3) is 0.545. The summed E-state index contributed by atoms with van der Waals surface area (Å²) in [6.07, 6.45) is 3.27. The number of carbonyl (C=O) groups excluding carboxylic acids is 1. The van der Waals surface area contributed by atoms with Gasteiger partial charge < -0.3 is 15.3 Å². The number of aliphatic carboxylic acids is 1. The second-order valence-corrected chi connectivity index (χ2v) is 4.62. The van der Waals surface area contributed by atoms with E-state index >= 15 is 0 Å². The average Bonchev–Trinajstić information content (AvgIpc) is 2.61. The molecule has 7 heteroatoms. The van der Waals surface area contributed by atoms with E-state index in [9.17, 15) is 9.59 Å². The van der Waals surface area contributed by atoms with Gasteiger partial charge in [-0.25, -0.2) is 4.79 Å². The summed E-state index contributed by atoms with van der Waals surface area (Å²) in [7, 11) is 1.77. The van der Waals surface area contributed by atoms with Crippen LogP contribution in [0, 0.1) is 11.8 Å². The molecule has 98 valence electrons. The molecule has 2 amide bonds. The van der Waals surface area contributed by atoms with Crippen molar-refractivity contribution in [3.05, 3.63) is 12.4 Å². The molecule has 1 fully saturated rings. The average molecular weight is 252 g/mol. The van der Waals surface area contributed by atoms with Gasteiger partial charge in [0, 0.05) is 32.3 Å². The third-order valence-corrected chi connectivity index (χ3v) is 3.25. The summed E-state index contributed by atoms with van der Waals surface area (Å²) < 4.78 is 1.60. The van der Waals surface area contributed by atoms with Gasteiger partial charge in [-0.1, -0.05) is 6.92 Å². The molecule has 2 heterocycles. The van der Waals surface area contributed by atoms with E-state index in [1.807, 2.05) is 0 Å². The van der Waals surface area contributed by atoms with Crippen LogP contribution in [0.5, 0.6) is 0 Å². The fourth-order valence-corrected chi connectivity index (χ4v) is 1.88. The summed E-state index contributed by atoms with van der Waals surface area (Å²) in [5.74, 6) is -1.18. The van der Waals surface area contributed by atoms with E-state index in [-0.39, 0.29) is 11.9 Å². The van der Waals surface area contributed by atoms with Gasteiger partial charge in [0.05, 0.1) is 17.8 Å². The number of hydrogen-bond donors (Lipinski definition) is 2. The maximum absolute atomic E-state index is 11.8. The molecule has 18 heavy (non-hydrogen) atoms. The zero-order valence-electron chi connectivity index (χ0n) is 10.3. The number of aryl methyl sites for hydroxylation is 1.